The van der Waals surface area contributed by atoms with E-state index < -0.39 is 11.9 Å². The van der Waals surface area contributed by atoms with Crippen LogP contribution in [0.4, 0.5) is 5.82 Å². The van der Waals surface area contributed by atoms with E-state index in [1.54, 1.807) is 23.4 Å². The molecular formula is C16H14N6O4S. The summed E-state index contributed by atoms with van der Waals surface area (Å²) in [4.78, 5) is 40.4. The number of carbonyl (C=O) groups is 2. The van der Waals surface area contributed by atoms with Crippen molar-refractivity contribution in [3.8, 4) is 0 Å². The summed E-state index contributed by atoms with van der Waals surface area (Å²) >= 11 is 1.20. The van der Waals surface area contributed by atoms with Gasteiger partial charge in [0, 0.05) is 39.3 Å². The maximum Gasteiger partial charge on any atom is 0.337 e. The Balaban J connectivity index is 2.35. The summed E-state index contributed by atoms with van der Waals surface area (Å²) in [5.41, 5.74) is 8.74. The van der Waals surface area contributed by atoms with Crippen LogP contribution < -0.4 is 4.31 Å². The average molecular weight is 386 g/mol. The van der Waals surface area contributed by atoms with E-state index in [0.29, 0.717) is 10.7 Å². The number of rotatable bonds is 8. The van der Waals surface area contributed by atoms with Gasteiger partial charge in [0.2, 0.25) is 0 Å². The number of aromatic nitrogens is 1. The molecule has 0 fully saturated rings. The Morgan fingerprint density at radius 3 is 2.70 bits per heavy atom. The summed E-state index contributed by atoms with van der Waals surface area (Å²) in [5.74, 6) is -1.53. The molecule has 0 saturated carbocycles. The van der Waals surface area contributed by atoms with Crippen molar-refractivity contribution < 1.29 is 14.7 Å². The first-order chi connectivity index (χ1) is 13.0. The number of hydrogen-bond donors (Lipinski definition) is 1. The SMILES string of the molecule is CC(CN=[N+]=[N-])N(Sc1cccc(C(=O)N=O)c1)c1ccc(C(=O)O)cn1. The maximum absolute atomic E-state index is 11.5. The molecule has 1 atom stereocenters. The fourth-order valence-electron chi connectivity index (χ4n) is 2.09. The van der Waals surface area contributed by atoms with Crippen LogP contribution in [0.15, 0.2) is 57.8 Å². The predicted octanol–water partition coefficient (Wildman–Crippen LogP) is 3.90. The molecule has 11 heteroatoms. The number of aromatic carboxylic acids is 1. The topological polar surface area (TPSA) is 149 Å². The fraction of sp³-hybridized carbons (Fsp3) is 0.188. The minimum absolute atomic E-state index is 0.0380. The lowest BCUT2D eigenvalue weighted by molar-refractivity contribution is 0.0696. The molecule has 1 heterocycles. The third-order valence-electron chi connectivity index (χ3n) is 3.40. The van der Waals surface area contributed by atoms with Gasteiger partial charge in [0.05, 0.1) is 5.56 Å². The van der Waals surface area contributed by atoms with Gasteiger partial charge in [-0.05, 0) is 54.7 Å². The number of benzene rings is 1. The second-order valence-electron chi connectivity index (χ2n) is 5.31. The van der Waals surface area contributed by atoms with Gasteiger partial charge in [-0.1, -0.05) is 11.2 Å². The number of amides is 1. The third kappa shape index (κ3) is 5.27. The molecule has 1 aromatic carbocycles. The number of carboxylic acids is 1. The third-order valence-corrected chi connectivity index (χ3v) is 4.61. The van der Waals surface area contributed by atoms with Crippen LogP contribution in [0.2, 0.25) is 0 Å². The van der Waals surface area contributed by atoms with Crippen LogP contribution in [-0.2, 0) is 0 Å². The molecule has 1 aromatic heterocycles. The van der Waals surface area contributed by atoms with Crippen LogP contribution in [0.1, 0.15) is 27.6 Å². The van der Waals surface area contributed by atoms with Crippen molar-refractivity contribution in [2.75, 3.05) is 10.8 Å². The first kappa shape index (κ1) is 19.9. The zero-order chi connectivity index (χ0) is 19.8. The van der Waals surface area contributed by atoms with Crippen LogP contribution in [0.25, 0.3) is 10.4 Å². The van der Waals surface area contributed by atoms with Crippen LogP contribution in [0.5, 0.6) is 0 Å². The van der Waals surface area contributed by atoms with E-state index in [0.717, 1.165) is 0 Å². The van der Waals surface area contributed by atoms with Gasteiger partial charge in [-0.3, -0.25) is 9.10 Å². The summed E-state index contributed by atoms with van der Waals surface area (Å²) in [6, 6.07) is 8.97. The van der Waals surface area contributed by atoms with E-state index in [1.165, 1.54) is 42.4 Å². The number of anilines is 1. The number of carboxylic acid groups (broad SMARTS) is 1. The van der Waals surface area contributed by atoms with E-state index in [4.69, 9.17) is 10.6 Å². The molecular weight excluding hydrogens is 372 g/mol. The van der Waals surface area contributed by atoms with Crippen molar-refractivity contribution in [3.63, 3.8) is 0 Å². The summed E-state index contributed by atoms with van der Waals surface area (Å²) < 4.78 is 1.72. The van der Waals surface area contributed by atoms with E-state index in [1.807, 2.05) is 0 Å². The zero-order valence-electron chi connectivity index (χ0n) is 14.1. The van der Waals surface area contributed by atoms with Crippen molar-refractivity contribution in [3.05, 3.63) is 69.1 Å². The quantitative estimate of drug-likeness (QED) is 0.238. The molecule has 2 rings (SSSR count). The van der Waals surface area contributed by atoms with Crippen molar-refractivity contribution in [1.82, 2.24) is 4.98 Å². The first-order valence-corrected chi connectivity index (χ1v) is 8.38. The van der Waals surface area contributed by atoms with Gasteiger partial charge >= 0.3 is 11.9 Å². The molecule has 0 saturated heterocycles. The van der Waals surface area contributed by atoms with Gasteiger partial charge in [-0.15, -0.1) is 4.91 Å². The normalized spacial score (nSPS) is 11.1. The lowest BCUT2D eigenvalue weighted by atomic mass is 10.2. The smallest absolute Gasteiger partial charge is 0.337 e. The van der Waals surface area contributed by atoms with Crippen LogP contribution in [0, 0.1) is 4.91 Å². The molecule has 27 heavy (non-hydrogen) atoms. The molecule has 1 N–H and O–H groups in total. The fourth-order valence-corrected chi connectivity index (χ4v) is 3.08. The van der Waals surface area contributed by atoms with Gasteiger partial charge < -0.3 is 5.11 Å². The highest BCUT2D eigenvalue weighted by Gasteiger charge is 2.19. The number of nitroso groups, excluding NO2 is 1. The molecule has 1 unspecified atom stereocenters. The second kappa shape index (κ2) is 9.32. The molecule has 0 aliphatic rings. The van der Waals surface area contributed by atoms with E-state index >= 15 is 0 Å². The summed E-state index contributed by atoms with van der Waals surface area (Å²) in [6.07, 6.45) is 1.22. The van der Waals surface area contributed by atoms with Gasteiger partial charge in [0.15, 0.2) is 0 Å². The lowest BCUT2D eigenvalue weighted by Gasteiger charge is -2.28. The van der Waals surface area contributed by atoms with Gasteiger partial charge in [-0.25, -0.2) is 9.78 Å². The van der Waals surface area contributed by atoms with Crippen molar-refractivity contribution in [2.45, 2.75) is 17.9 Å². The monoisotopic (exact) mass is 386 g/mol. The Bertz CT molecular complexity index is 898. The van der Waals surface area contributed by atoms with E-state index in [-0.39, 0.29) is 23.7 Å². The highest BCUT2D eigenvalue weighted by Crippen LogP contribution is 2.30. The Hall–Kier alpha value is -3.43. The number of carbonyl (C=O) groups excluding carboxylic acids is 1. The summed E-state index contributed by atoms with van der Waals surface area (Å²) in [5, 5.41) is 15.0. The summed E-state index contributed by atoms with van der Waals surface area (Å²) in [6.45, 7) is 1.94. The first-order valence-electron chi connectivity index (χ1n) is 7.61. The molecule has 10 nitrogen and oxygen atoms in total. The number of pyridine rings is 1. The van der Waals surface area contributed by atoms with E-state index in [9.17, 15) is 14.5 Å². The molecule has 0 bridgehead atoms. The average Bonchev–Trinajstić information content (AvgIpc) is 2.69. The molecule has 0 aliphatic carbocycles. The number of hydrogen-bond acceptors (Lipinski definition) is 7. The highest BCUT2D eigenvalue weighted by atomic mass is 32.2. The minimum atomic E-state index is -1.09. The Morgan fingerprint density at radius 1 is 1.33 bits per heavy atom. The molecule has 0 radical (unpaired) electrons. The van der Waals surface area contributed by atoms with Crippen LogP contribution >= 0.6 is 11.9 Å². The standard InChI is InChI=1S/C16H14N6O4S/c1-10(8-19-21-17)22(14-6-5-12(9-18-14)16(24)25)27-13-4-2-3-11(7-13)15(23)20-26/h2-7,9-10H,8H2,1H3,(H,24,25). The second-order valence-corrected chi connectivity index (χ2v) is 6.36. The van der Waals surface area contributed by atoms with Gasteiger partial charge in [0.1, 0.15) is 5.82 Å². The molecule has 0 spiro atoms. The van der Waals surface area contributed by atoms with Gasteiger partial charge in [-0.2, -0.15) is 0 Å². The molecule has 138 valence electrons. The van der Waals surface area contributed by atoms with Gasteiger partial charge in [0.25, 0.3) is 0 Å². The molecule has 1 amide bonds. The Morgan fingerprint density at radius 2 is 2.11 bits per heavy atom. The predicted molar refractivity (Wildman–Crippen MR) is 99.6 cm³/mol. The van der Waals surface area contributed by atoms with Crippen molar-refractivity contribution in [1.29, 1.82) is 0 Å². The Kier molecular flexibility index (Phi) is 6.86. The van der Waals surface area contributed by atoms with Crippen molar-refractivity contribution >= 4 is 29.6 Å². The highest BCUT2D eigenvalue weighted by molar-refractivity contribution is 8.00. The molecule has 0 aliphatic heterocycles. The number of azide groups is 1. The Labute approximate surface area is 157 Å². The minimum Gasteiger partial charge on any atom is -0.478 e. The van der Waals surface area contributed by atoms with Crippen molar-refractivity contribution in [2.24, 2.45) is 10.3 Å². The van der Waals surface area contributed by atoms with Crippen LogP contribution in [0.3, 0.4) is 0 Å². The lowest BCUT2D eigenvalue weighted by Crippen LogP contribution is -2.29. The largest absolute Gasteiger partial charge is 0.478 e. The van der Waals surface area contributed by atoms with E-state index in [2.05, 4.69) is 20.2 Å². The van der Waals surface area contributed by atoms with Crippen LogP contribution in [-0.4, -0.2) is 34.6 Å². The number of nitrogens with zero attached hydrogens (tertiary/aromatic N) is 6. The maximum atomic E-state index is 11.5. The molecule has 2 aromatic rings. The zero-order valence-corrected chi connectivity index (χ0v) is 14.9. The summed E-state index contributed by atoms with van der Waals surface area (Å²) in [7, 11) is 0.